The van der Waals surface area contributed by atoms with E-state index in [1.165, 1.54) is 22.2 Å². The Morgan fingerprint density at radius 3 is 2.55 bits per heavy atom. The van der Waals surface area contributed by atoms with Gasteiger partial charge in [-0.2, -0.15) is 0 Å². The first-order valence-electron chi connectivity index (χ1n) is 8.93. The lowest BCUT2D eigenvalue weighted by Gasteiger charge is -2.28. The summed E-state index contributed by atoms with van der Waals surface area (Å²) < 4.78 is 40.8. The summed E-state index contributed by atoms with van der Waals surface area (Å²) in [4.78, 5) is 15.4. The number of rotatable bonds is 3. The lowest BCUT2D eigenvalue weighted by atomic mass is 10.3. The number of aliphatic carboxylic acids is 1. The Kier molecular flexibility index (Phi) is 6.14. The molecule has 2 N–H and O–H groups in total. The standard InChI is InChI=1S/C17H17FN4O2S.C2H4O2/c18-13-3-1-4-14(11-13)25(23,24)22-12-16(21-9-7-19-8-10-21)17-15(22)5-2-6-20-17;1-2(3)4/h1-6,11-12,19H,7-10H2;1H3,(H,3,4). The molecule has 0 amide bonds. The number of pyridine rings is 1. The molecule has 0 spiro atoms. The summed E-state index contributed by atoms with van der Waals surface area (Å²) in [6.45, 7) is 4.29. The van der Waals surface area contributed by atoms with Gasteiger partial charge in [-0.15, -0.1) is 0 Å². The summed E-state index contributed by atoms with van der Waals surface area (Å²) in [6, 6.07) is 8.45. The van der Waals surface area contributed by atoms with Gasteiger partial charge in [-0.25, -0.2) is 16.8 Å². The average Bonchev–Trinajstić information content (AvgIpc) is 3.09. The van der Waals surface area contributed by atoms with Gasteiger partial charge in [-0.05, 0) is 30.3 Å². The maximum absolute atomic E-state index is 13.5. The second kappa shape index (κ2) is 8.58. The Labute approximate surface area is 167 Å². The molecule has 8 nitrogen and oxygen atoms in total. The third-order valence-corrected chi connectivity index (χ3v) is 5.99. The lowest BCUT2D eigenvalue weighted by Crippen LogP contribution is -2.43. The van der Waals surface area contributed by atoms with Crippen LogP contribution in [-0.4, -0.2) is 54.6 Å². The molecule has 3 heterocycles. The number of halogens is 1. The van der Waals surface area contributed by atoms with Crippen molar-refractivity contribution in [2.75, 3.05) is 31.1 Å². The van der Waals surface area contributed by atoms with E-state index in [-0.39, 0.29) is 4.90 Å². The highest BCUT2D eigenvalue weighted by Crippen LogP contribution is 2.30. The van der Waals surface area contributed by atoms with E-state index in [9.17, 15) is 12.8 Å². The molecule has 1 aromatic carbocycles. The number of fused-ring (bicyclic) bond motifs is 1. The molecule has 0 unspecified atom stereocenters. The molecular weight excluding hydrogens is 399 g/mol. The van der Waals surface area contributed by atoms with E-state index in [1.54, 1.807) is 24.5 Å². The van der Waals surface area contributed by atoms with Gasteiger partial charge >= 0.3 is 0 Å². The highest BCUT2D eigenvalue weighted by Gasteiger charge is 2.24. The van der Waals surface area contributed by atoms with Crippen molar-refractivity contribution in [3.8, 4) is 0 Å². The molecule has 1 aliphatic rings. The second-order valence-corrected chi connectivity index (χ2v) is 8.21. The van der Waals surface area contributed by atoms with Gasteiger partial charge < -0.3 is 15.3 Å². The molecule has 1 fully saturated rings. The van der Waals surface area contributed by atoms with Crippen LogP contribution in [0.5, 0.6) is 0 Å². The van der Waals surface area contributed by atoms with Gasteiger partial charge in [0.25, 0.3) is 16.0 Å². The van der Waals surface area contributed by atoms with Crippen molar-refractivity contribution in [2.24, 2.45) is 0 Å². The number of nitrogens with zero attached hydrogens (tertiary/aromatic N) is 3. The third kappa shape index (κ3) is 4.54. The number of anilines is 1. The summed E-state index contributed by atoms with van der Waals surface area (Å²) in [5.74, 6) is -1.42. The molecule has 1 aliphatic heterocycles. The average molecular weight is 420 g/mol. The van der Waals surface area contributed by atoms with E-state index in [2.05, 4.69) is 15.2 Å². The third-order valence-electron chi connectivity index (χ3n) is 4.32. The fraction of sp³-hybridized carbons (Fsp3) is 0.263. The van der Waals surface area contributed by atoms with Crippen LogP contribution >= 0.6 is 0 Å². The van der Waals surface area contributed by atoms with Crippen molar-refractivity contribution in [1.29, 1.82) is 0 Å². The predicted octanol–water partition coefficient (Wildman–Crippen LogP) is 1.91. The zero-order valence-corrected chi connectivity index (χ0v) is 16.6. The topological polar surface area (TPSA) is 105 Å². The van der Waals surface area contributed by atoms with Crippen LogP contribution in [0.1, 0.15) is 6.92 Å². The molecule has 2 aromatic heterocycles. The van der Waals surface area contributed by atoms with Crippen molar-refractivity contribution in [3.63, 3.8) is 0 Å². The monoisotopic (exact) mass is 420 g/mol. The first kappa shape index (κ1) is 20.7. The maximum Gasteiger partial charge on any atom is 0.300 e. The van der Waals surface area contributed by atoms with Crippen LogP contribution in [0.15, 0.2) is 53.7 Å². The van der Waals surface area contributed by atoms with E-state index in [0.717, 1.165) is 44.9 Å². The molecule has 1 saturated heterocycles. The van der Waals surface area contributed by atoms with Gasteiger partial charge in [0.1, 0.15) is 11.3 Å². The summed E-state index contributed by atoms with van der Waals surface area (Å²) in [7, 11) is -3.91. The van der Waals surface area contributed by atoms with Crippen molar-refractivity contribution in [3.05, 3.63) is 54.6 Å². The first-order valence-corrected chi connectivity index (χ1v) is 10.4. The van der Waals surface area contributed by atoms with Crippen molar-refractivity contribution in [2.45, 2.75) is 11.8 Å². The number of benzene rings is 1. The number of carboxylic acid groups (broad SMARTS) is 1. The summed E-state index contributed by atoms with van der Waals surface area (Å²) in [5.41, 5.74) is 1.89. The van der Waals surface area contributed by atoms with Gasteiger partial charge in [0.15, 0.2) is 0 Å². The number of carboxylic acids is 1. The number of carbonyl (C=O) groups is 1. The quantitative estimate of drug-likeness (QED) is 0.667. The Morgan fingerprint density at radius 1 is 1.21 bits per heavy atom. The fourth-order valence-corrected chi connectivity index (χ4v) is 4.47. The van der Waals surface area contributed by atoms with Crippen molar-refractivity contribution >= 4 is 32.7 Å². The number of aromatic nitrogens is 2. The number of hydrogen-bond donors (Lipinski definition) is 2. The molecule has 10 heteroatoms. The predicted molar refractivity (Wildman–Crippen MR) is 107 cm³/mol. The maximum atomic E-state index is 13.5. The largest absolute Gasteiger partial charge is 0.481 e. The van der Waals surface area contributed by atoms with Crippen molar-refractivity contribution in [1.82, 2.24) is 14.3 Å². The van der Waals surface area contributed by atoms with E-state index in [4.69, 9.17) is 9.90 Å². The molecule has 0 radical (unpaired) electrons. The molecular formula is C19H21FN4O4S. The second-order valence-electron chi connectivity index (χ2n) is 6.40. The molecule has 0 bridgehead atoms. The highest BCUT2D eigenvalue weighted by atomic mass is 32.2. The number of piperazine rings is 1. The van der Waals surface area contributed by atoms with E-state index in [0.29, 0.717) is 11.0 Å². The van der Waals surface area contributed by atoms with E-state index < -0.39 is 21.8 Å². The Morgan fingerprint density at radius 2 is 1.90 bits per heavy atom. The number of nitrogens with one attached hydrogen (secondary N) is 1. The van der Waals surface area contributed by atoms with Gasteiger partial charge in [-0.1, -0.05) is 6.07 Å². The Hall–Kier alpha value is -2.98. The minimum Gasteiger partial charge on any atom is -0.481 e. The molecule has 0 aliphatic carbocycles. The minimum atomic E-state index is -3.91. The summed E-state index contributed by atoms with van der Waals surface area (Å²) in [5, 5.41) is 10.7. The van der Waals surface area contributed by atoms with Crippen LogP contribution in [-0.2, 0) is 14.8 Å². The summed E-state index contributed by atoms with van der Waals surface area (Å²) >= 11 is 0. The molecule has 0 atom stereocenters. The normalized spacial score (nSPS) is 14.3. The number of hydrogen-bond acceptors (Lipinski definition) is 6. The molecule has 154 valence electrons. The Balaban J connectivity index is 0.000000552. The van der Waals surface area contributed by atoms with Crippen LogP contribution in [0.4, 0.5) is 10.1 Å². The van der Waals surface area contributed by atoms with E-state index >= 15 is 0 Å². The zero-order chi connectivity index (χ0) is 21.0. The van der Waals surface area contributed by atoms with Crippen LogP contribution in [0, 0.1) is 5.82 Å². The van der Waals surface area contributed by atoms with Crippen molar-refractivity contribution < 1.29 is 22.7 Å². The molecule has 0 saturated carbocycles. The van der Waals surface area contributed by atoms with Gasteiger partial charge in [-0.3, -0.25) is 9.78 Å². The zero-order valence-electron chi connectivity index (χ0n) is 15.7. The van der Waals surface area contributed by atoms with Crippen LogP contribution in [0.2, 0.25) is 0 Å². The van der Waals surface area contributed by atoms with Crippen LogP contribution in [0.3, 0.4) is 0 Å². The molecule has 29 heavy (non-hydrogen) atoms. The minimum absolute atomic E-state index is 0.0832. The van der Waals surface area contributed by atoms with Gasteiger partial charge in [0, 0.05) is 45.5 Å². The molecule has 3 aromatic rings. The fourth-order valence-electron chi connectivity index (χ4n) is 3.09. The van der Waals surface area contributed by atoms with E-state index in [1.807, 2.05) is 0 Å². The smallest absolute Gasteiger partial charge is 0.300 e. The van der Waals surface area contributed by atoms with Gasteiger partial charge in [0.05, 0.1) is 16.1 Å². The summed E-state index contributed by atoms with van der Waals surface area (Å²) in [6.07, 6.45) is 3.23. The highest BCUT2D eigenvalue weighted by molar-refractivity contribution is 7.90. The lowest BCUT2D eigenvalue weighted by molar-refractivity contribution is -0.134. The SMILES string of the molecule is CC(=O)O.O=S(=O)(c1cccc(F)c1)n1cc(N2CCNCC2)c2ncccc21. The molecule has 4 rings (SSSR count). The first-order chi connectivity index (χ1) is 13.8. The van der Waals surface area contributed by atoms with Gasteiger partial charge in [0.2, 0.25) is 0 Å². The van der Waals surface area contributed by atoms with Crippen LogP contribution < -0.4 is 10.2 Å². The van der Waals surface area contributed by atoms with Crippen LogP contribution in [0.25, 0.3) is 11.0 Å². The Bertz CT molecular complexity index is 1120.